The number of hydrogen-bond acceptors (Lipinski definition) is 5. The average Bonchev–Trinajstić information content (AvgIpc) is 2.63. The second kappa shape index (κ2) is 7.27. The van der Waals surface area contributed by atoms with E-state index in [-0.39, 0.29) is 0 Å². The maximum absolute atomic E-state index is 11.0. The zero-order valence-corrected chi connectivity index (χ0v) is 13.9. The maximum Gasteiger partial charge on any atom is 0.189 e. The quantitative estimate of drug-likeness (QED) is 0.530. The lowest BCUT2D eigenvalue weighted by Gasteiger charge is -2.13. The van der Waals surface area contributed by atoms with Crippen LogP contribution in [0.2, 0.25) is 0 Å². The van der Waals surface area contributed by atoms with Gasteiger partial charge in [-0.05, 0) is 13.0 Å². The third kappa shape index (κ3) is 3.81. The predicted octanol–water partition coefficient (Wildman–Crippen LogP) is 3.04. The molecule has 120 valence electrons. The summed E-state index contributed by atoms with van der Waals surface area (Å²) in [7, 11) is 0. The van der Waals surface area contributed by atoms with Crippen molar-refractivity contribution in [3.8, 4) is 22.5 Å². The number of thioether (sulfide) groups is 1. The molecule has 0 aliphatic rings. The van der Waals surface area contributed by atoms with Gasteiger partial charge in [-0.15, -0.1) is 0 Å². The maximum atomic E-state index is 11.0. The Hall–Kier alpha value is -2.66. The standard InChI is InChI=1S/C19H16N2O2S/c1-13(18(22)23)24-19-20-16(14-8-4-2-5-9-14)12-17(21-19)15-10-6-3-7-11-15/h2-13H,1H3,(H,22,23)/p-1/t13-/m0/s1. The number of carboxylic acid groups (broad SMARTS) is 1. The number of aliphatic carboxylic acids is 1. The van der Waals surface area contributed by atoms with Gasteiger partial charge in [0.25, 0.3) is 0 Å². The van der Waals surface area contributed by atoms with E-state index in [2.05, 4.69) is 9.97 Å². The van der Waals surface area contributed by atoms with Crippen LogP contribution in [0.25, 0.3) is 22.5 Å². The first kappa shape index (κ1) is 16.2. The van der Waals surface area contributed by atoms with E-state index in [1.807, 2.05) is 66.7 Å². The molecule has 5 heteroatoms. The highest BCUT2D eigenvalue weighted by atomic mass is 32.2. The molecular weight excluding hydrogens is 320 g/mol. The molecular formula is C19H15N2O2S-. The number of carbonyl (C=O) groups is 1. The molecule has 3 aromatic rings. The van der Waals surface area contributed by atoms with Gasteiger partial charge in [-0.2, -0.15) is 0 Å². The van der Waals surface area contributed by atoms with E-state index in [0.29, 0.717) is 5.16 Å². The Bertz CT molecular complexity index is 781. The SMILES string of the molecule is C[C@H](Sc1nc(-c2ccccc2)cc(-c2ccccc2)n1)C(=O)[O-]. The average molecular weight is 335 g/mol. The summed E-state index contributed by atoms with van der Waals surface area (Å²) < 4.78 is 0. The van der Waals surface area contributed by atoms with Gasteiger partial charge in [0.2, 0.25) is 0 Å². The summed E-state index contributed by atoms with van der Waals surface area (Å²) in [6.07, 6.45) is 0. The van der Waals surface area contributed by atoms with E-state index in [1.165, 1.54) is 0 Å². The Balaban J connectivity index is 2.07. The fourth-order valence-electron chi connectivity index (χ4n) is 2.20. The number of rotatable bonds is 5. The first-order chi connectivity index (χ1) is 11.6. The number of carbonyl (C=O) groups excluding carboxylic acids is 1. The van der Waals surface area contributed by atoms with E-state index in [4.69, 9.17) is 0 Å². The monoisotopic (exact) mass is 335 g/mol. The summed E-state index contributed by atoms with van der Waals surface area (Å²) in [5.41, 5.74) is 3.44. The van der Waals surface area contributed by atoms with Crippen LogP contribution in [0, 0.1) is 0 Å². The Morgan fingerprint density at radius 2 is 1.38 bits per heavy atom. The van der Waals surface area contributed by atoms with Crippen molar-refractivity contribution in [2.75, 3.05) is 0 Å². The van der Waals surface area contributed by atoms with Crippen molar-refractivity contribution in [3.05, 3.63) is 66.7 Å². The molecule has 0 amide bonds. The Morgan fingerprint density at radius 1 is 0.917 bits per heavy atom. The molecule has 4 nitrogen and oxygen atoms in total. The van der Waals surface area contributed by atoms with Crippen LogP contribution >= 0.6 is 11.8 Å². The minimum Gasteiger partial charge on any atom is -0.549 e. The Kier molecular flexibility index (Phi) is 4.91. The highest BCUT2D eigenvalue weighted by Crippen LogP contribution is 2.28. The second-order valence-corrected chi connectivity index (χ2v) is 6.54. The molecule has 0 N–H and O–H groups in total. The van der Waals surface area contributed by atoms with Gasteiger partial charge >= 0.3 is 0 Å². The van der Waals surface area contributed by atoms with Crippen LogP contribution in [0.1, 0.15) is 6.92 Å². The smallest absolute Gasteiger partial charge is 0.189 e. The first-order valence-corrected chi connectivity index (χ1v) is 8.39. The van der Waals surface area contributed by atoms with E-state index < -0.39 is 11.2 Å². The van der Waals surface area contributed by atoms with Gasteiger partial charge in [-0.25, -0.2) is 9.97 Å². The van der Waals surface area contributed by atoms with Gasteiger partial charge in [0.1, 0.15) is 0 Å². The first-order valence-electron chi connectivity index (χ1n) is 7.51. The van der Waals surface area contributed by atoms with Crippen LogP contribution in [-0.4, -0.2) is 21.2 Å². The highest BCUT2D eigenvalue weighted by Gasteiger charge is 2.12. The topological polar surface area (TPSA) is 65.9 Å². The molecule has 0 spiro atoms. The Morgan fingerprint density at radius 3 is 1.79 bits per heavy atom. The molecule has 2 aromatic carbocycles. The zero-order chi connectivity index (χ0) is 16.9. The fraction of sp³-hybridized carbons (Fsp3) is 0.105. The molecule has 0 unspecified atom stereocenters. The molecule has 0 bridgehead atoms. The molecule has 0 saturated carbocycles. The lowest BCUT2D eigenvalue weighted by molar-refractivity contribution is -0.304. The van der Waals surface area contributed by atoms with Gasteiger partial charge in [0.15, 0.2) is 5.16 Å². The number of hydrogen-bond donors (Lipinski definition) is 0. The van der Waals surface area contributed by atoms with Gasteiger partial charge in [-0.3, -0.25) is 0 Å². The molecule has 1 atom stereocenters. The molecule has 0 fully saturated rings. The number of nitrogens with zero attached hydrogens (tertiary/aromatic N) is 2. The number of aromatic nitrogens is 2. The fourth-order valence-corrected chi connectivity index (χ4v) is 2.91. The van der Waals surface area contributed by atoms with Crippen LogP contribution in [0.15, 0.2) is 71.9 Å². The summed E-state index contributed by atoms with van der Waals surface area (Å²) in [5, 5.41) is 10.7. The summed E-state index contributed by atoms with van der Waals surface area (Å²) >= 11 is 1.09. The molecule has 3 rings (SSSR count). The molecule has 0 saturated heterocycles. The van der Waals surface area contributed by atoms with Crippen molar-refractivity contribution in [1.29, 1.82) is 0 Å². The van der Waals surface area contributed by atoms with Crippen molar-refractivity contribution >= 4 is 17.7 Å². The highest BCUT2D eigenvalue weighted by molar-refractivity contribution is 8.00. The Labute approximate surface area is 144 Å². The summed E-state index contributed by atoms with van der Waals surface area (Å²) in [5.74, 6) is -1.13. The van der Waals surface area contributed by atoms with E-state index in [1.54, 1.807) is 6.92 Å². The number of carboxylic acids is 1. The summed E-state index contributed by atoms with van der Waals surface area (Å²) in [4.78, 5) is 20.1. The van der Waals surface area contributed by atoms with Crippen molar-refractivity contribution in [2.45, 2.75) is 17.3 Å². The van der Waals surface area contributed by atoms with Gasteiger partial charge in [0.05, 0.1) is 17.4 Å². The molecule has 0 aliphatic heterocycles. The van der Waals surface area contributed by atoms with Gasteiger partial charge in [0, 0.05) is 16.4 Å². The van der Waals surface area contributed by atoms with Crippen molar-refractivity contribution in [2.24, 2.45) is 0 Å². The lowest BCUT2D eigenvalue weighted by Crippen LogP contribution is -2.31. The minimum absolute atomic E-state index is 0.423. The van der Waals surface area contributed by atoms with E-state index in [9.17, 15) is 9.90 Å². The lowest BCUT2D eigenvalue weighted by atomic mass is 10.1. The van der Waals surface area contributed by atoms with Crippen LogP contribution in [-0.2, 0) is 4.79 Å². The molecule has 0 radical (unpaired) electrons. The molecule has 1 heterocycles. The summed E-state index contributed by atoms with van der Waals surface area (Å²) in [6, 6.07) is 21.4. The van der Waals surface area contributed by atoms with E-state index in [0.717, 1.165) is 34.3 Å². The third-order valence-corrected chi connectivity index (χ3v) is 4.40. The van der Waals surface area contributed by atoms with E-state index >= 15 is 0 Å². The van der Waals surface area contributed by atoms with Crippen LogP contribution in [0.5, 0.6) is 0 Å². The van der Waals surface area contributed by atoms with Crippen LogP contribution < -0.4 is 5.11 Å². The van der Waals surface area contributed by atoms with Gasteiger partial charge in [-0.1, -0.05) is 72.4 Å². The minimum atomic E-state index is -1.13. The zero-order valence-electron chi connectivity index (χ0n) is 13.0. The van der Waals surface area contributed by atoms with Crippen molar-refractivity contribution < 1.29 is 9.90 Å². The molecule has 0 aliphatic carbocycles. The van der Waals surface area contributed by atoms with Crippen molar-refractivity contribution in [3.63, 3.8) is 0 Å². The summed E-state index contributed by atoms with van der Waals surface area (Å²) in [6.45, 7) is 1.57. The molecule has 1 aromatic heterocycles. The van der Waals surface area contributed by atoms with Crippen LogP contribution in [0.3, 0.4) is 0 Å². The number of benzene rings is 2. The van der Waals surface area contributed by atoms with Crippen LogP contribution in [0.4, 0.5) is 0 Å². The van der Waals surface area contributed by atoms with Gasteiger partial charge < -0.3 is 9.90 Å². The second-order valence-electron chi connectivity index (χ2n) is 5.23. The normalized spacial score (nSPS) is 11.9. The third-order valence-electron chi connectivity index (χ3n) is 3.46. The predicted molar refractivity (Wildman–Crippen MR) is 93.2 cm³/mol. The van der Waals surface area contributed by atoms with Crippen molar-refractivity contribution in [1.82, 2.24) is 9.97 Å². The molecule has 24 heavy (non-hydrogen) atoms. The largest absolute Gasteiger partial charge is 0.549 e.